The lowest BCUT2D eigenvalue weighted by atomic mass is 9.84. The molecule has 0 bridgehead atoms. The van der Waals surface area contributed by atoms with Crippen LogP contribution in [0, 0.1) is 11.8 Å². The Kier molecular flexibility index (Phi) is 11.3. The summed E-state index contributed by atoms with van der Waals surface area (Å²) in [6, 6.07) is 0. The summed E-state index contributed by atoms with van der Waals surface area (Å²) in [5.41, 5.74) is 0. The molecule has 3 aliphatic carbocycles. The van der Waals surface area contributed by atoms with Gasteiger partial charge in [-0.1, -0.05) is 79.1 Å². The van der Waals surface area contributed by atoms with Crippen molar-refractivity contribution in [2.24, 2.45) is 11.8 Å². The Hall–Kier alpha value is -0.240. The molecule has 5 rings (SSSR count). The first kappa shape index (κ1) is 31.2. The molecule has 6 heteroatoms. The number of hydrogen-bond donors (Lipinski definition) is 0. The van der Waals surface area contributed by atoms with Crippen LogP contribution in [0.3, 0.4) is 0 Å². The second kappa shape index (κ2) is 14.5. The predicted molar refractivity (Wildman–Crippen MR) is 157 cm³/mol. The monoisotopic (exact) mass is 564 g/mol. The summed E-state index contributed by atoms with van der Waals surface area (Å²) >= 11 is 0. The SMILES string of the molecule is CCCCC(CC)CO[C@@H]1[C@H]2OC3(CCCCC3)O[C@H]2[C@@H](OCC(CC)CCCC)[C@@H]2OC3(CCCCC3)O[C@@H]12. The highest BCUT2D eigenvalue weighted by molar-refractivity contribution is 5.11. The Bertz CT molecular complexity index is 657. The maximum Gasteiger partial charge on any atom is 0.169 e. The minimum absolute atomic E-state index is 0.175. The number of fused-ring (bicyclic) bond motifs is 2. The fraction of sp³-hybridized carbons (Fsp3) is 1.00. The van der Waals surface area contributed by atoms with Gasteiger partial charge >= 0.3 is 0 Å². The summed E-state index contributed by atoms with van der Waals surface area (Å²) in [5, 5.41) is 0. The molecule has 3 saturated carbocycles. The third-order valence-electron chi connectivity index (χ3n) is 10.7. The van der Waals surface area contributed by atoms with Crippen LogP contribution in [0.2, 0.25) is 0 Å². The fourth-order valence-electron chi connectivity index (χ4n) is 8.03. The maximum absolute atomic E-state index is 7.00. The molecule has 0 amide bonds. The van der Waals surface area contributed by atoms with E-state index in [1.54, 1.807) is 0 Å². The topological polar surface area (TPSA) is 55.4 Å². The highest BCUT2D eigenvalue weighted by atomic mass is 16.8. The molecule has 2 saturated heterocycles. The molecule has 8 atom stereocenters. The molecular weight excluding hydrogens is 504 g/mol. The average Bonchev–Trinajstić information content (AvgIpc) is 3.52. The fourth-order valence-corrected chi connectivity index (χ4v) is 8.03. The lowest BCUT2D eigenvalue weighted by Crippen LogP contribution is -2.63. The van der Waals surface area contributed by atoms with Crippen LogP contribution < -0.4 is 0 Å². The molecule has 0 aromatic carbocycles. The van der Waals surface area contributed by atoms with E-state index in [4.69, 9.17) is 28.4 Å². The lowest BCUT2D eigenvalue weighted by molar-refractivity contribution is -0.229. The molecule has 40 heavy (non-hydrogen) atoms. The van der Waals surface area contributed by atoms with Crippen molar-refractivity contribution >= 4 is 0 Å². The smallest absolute Gasteiger partial charge is 0.169 e. The number of unbranched alkanes of at least 4 members (excludes halogenated alkanes) is 2. The van der Waals surface area contributed by atoms with E-state index < -0.39 is 11.6 Å². The van der Waals surface area contributed by atoms with Crippen molar-refractivity contribution in [3.63, 3.8) is 0 Å². The van der Waals surface area contributed by atoms with Crippen LogP contribution in [0.4, 0.5) is 0 Å². The zero-order valence-corrected chi connectivity index (χ0v) is 26.2. The highest BCUT2D eigenvalue weighted by Gasteiger charge is 2.66. The predicted octanol–water partition coefficient (Wildman–Crippen LogP) is 8.09. The second-order valence-corrected chi connectivity index (χ2v) is 13.7. The van der Waals surface area contributed by atoms with E-state index in [9.17, 15) is 0 Å². The summed E-state index contributed by atoms with van der Waals surface area (Å²) in [6.07, 6.45) is 19.6. The third kappa shape index (κ3) is 6.94. The standard InChI is InChI=1S/C34H60O6/c1-5-9-17-25(7-3)23-35-27-29-31(39-33(37-29)19-13-11-14-20-33)28(36-24-26(8-4)18-10-6-2)32-30(27)38-34(40-32)21-15-12-16-22-34/h25-32H,5-24H2,1-4H3/t25?,26?,27-,28-,29-,30-,31-,32+/m0/s1. The molecule has 2 aliphatic heterocycles. The maximum atomic E-state index is 7.00. The van der Waals surface area contributed by atoms with Crippen molar-refractivity contribution in [2.75, 3.05) is 13.2 Å². The van der Waals surface area contributed by atoms with E-state index in [0.29, 0.717) is 11.8 Å². The van der Waals surface area contributed by atoms with Crippen LogP contribution in [0.25, 0.3) is 0 Å². The molecule has 5 fully saturated rings. The van der Waals surface area contributed by atoms with E-state index in [-0.39, 0.29) is 36.6 Å². The molecule has 0 aromatic rings. The Balaban J connectivity index is 1.40. The van der Waals surface area contributed by atoms with Crippen molar-refractivity contribution in [3.05, 3.63) is 0 Å². The van der Waals surface area contributed by atoms with Gasteiger partial charge in [0.05, 0.1) is 13.2 Å². The van der Waals surface area contributed by atoms with Gasteiger partial charge < -0.3 is 28.4 Å². The van der Waals surface area contributed by atoms with Gasteiger partial charge in [-0.05, 0) is 50.4 Å². The zero-order chi connectivity index (χ0) is 28.0. The molecule has 6 nitrogen and oxygen atoms in total. The minimum Gasteiger partial charge on any atom is -0.372 e. The largest absolute Gasteiger partial charge is 0.372 e. The van der Waals surface area contributed by atoms with Gasteiger partial charge in [-0.3, -0.25) is 0 Å². The van der Waals surface area contributed by atoms with Crippen molar-refractivity contribution < 1.29 is 28.4 Å². The van der Waals surface area contributed by atoms with E-state index in [1.165, 1.54) is 51.4 Å². The number of ether oxygens (including phenoxy) is 6. The van der Waals surface area contributed by atoms with Gasteiger partial charge in [0.2, 0.25) is 0 Å². The normalized spacial score (nSPS) is 36.0. The molecule has 2 spiro atoms. The minimum atomic E-state index is -0.503. The van der Waals surface area contributed by atoms with Crippen LogP contribution in [0.15, 0.2) is 0 Å². The molecule has 0 aromatic heterocycles. The van der Waals surface area contributed by atoms with Crippen LogP contribution in [-0.4, -0.2) is 61.4 Å². The molecule has 232 valence electrons. The average molecular weight is 565 g/mol. The van der Waals surface area contributed by atoms with Crippen molar-refractivity contribution in [1.29, 1.82) is 0 Å². The van der Waals surface area contributed by atoms with Crippen molar-refractivity contribution in [3.8, 4) is 0 Å². The molecule has 2 unspecified atom stereocenters. The summed E-state index contributed by atoms with van der Waals surface area (Å²) < 4.78 is 41.8. The lowest BCUT2D eigenvalue weighted by Gasteiger charge is -2.43. The van der Waals surface area contributed by atoms with Gasteiger partial charge in [0.15, 0.2) is 11.6 Å². The van der Waals surface area contributed by atoms with E-state index in [1.807, 2.05) is 0 Å². The molecule has 2 heterocycles. The first-order valence-corrected chi connectivity index (χ1v) is 17.5. The molecule has 5 aliphatic rings. The number of hydrogen-bond acceptors (Lipinski definition) is 6. The Morgan fingerprint density at radius 3 is 1.20 bits per heavy atom. The second-order valence-electron chi connectivity index (χ2n) is 13.7. The summed E-state index contributed by atoms with van der Waals surface area (Å²) in [4.78, 5) is 0. The Labute approximate surface area is 244 Å². The van der Waals surface area contributed by atoms with Crippen LogP contribution in [0.1, 0.15) is 143 Å². The molecular formula is C34H60O6. The van der Waals surface area contributed by atoms with Gasteiger partial charge in [0.25, 0.3) is 0 Å². The first-order valence-electron chi connectivity index (χ1n) is 17.5. The van der Waals surface area contributed by atoms with Crippen molar-refractivity contribution in [1.82, 2.24) is 0 Å². The molecule has 0 N–H and O–H groups in total. The quantitative estimate of drug-likeness (QED) is 0.212. The van der Waals surface area contributed by atoms with E-state index >= 15 is 0 Å². The third-order valence-corrected chi connectivity index (χ3v) is 10.7. The van der Waals surface area contributed by atoms with Gasteiger partial charge in [0.1, 0.15) is 36.6 Å². The first-order chi connectivity index (χ1) is 19.6. The van der Waals surface area contributed by atoms with Crippen LogP contribution in [0.5, 0.6) is 0 Å². The van der Waals surface area contributed by atoms with Gasteiger partial charge in [-0.15, -0.1) is 0 Å². The van der Waals surface area contributed by atoms with E-state index in [0.717, 1.165) is 77.4 Å². The van der Waals surface area contributed by atoms with Crippen LogP contribution >= 0.6 is 0 Å². The summed E-state index contributed by atoms with van der Waals surface area (Å²) in [7, 11) is 0. The zero-order valence-electron chi connectivity index (χ0n) is 26.2. The summed E-state index contributed by atoms with van der Waals surface area (Å²) in [6.45, 7) is 10.6. The van der Waals surface area contributed by atoms with E-state index in [2.05, 4.69) is 27.7 Å². The number of rotatable bonds is 14. The van der Waals surface area contributed by atoms with Gasteiger partial charge in [-0.25, -0.2) is 0 Å². The molecule has 0 radical (unpaired) electrons. The van der Waals surface area contributed by atoms with Crippen molar-refractivity contribution in [2.45, 2.75) is 191 Å². The highest BCUT2D eigenvalue weighted by Crippen LogP contribution is 2.52. The van der Waals surface area contributed by atoms with Gasteiger partial charge in [0, 0.05) is 25.7 Å². The Morgan fingerprint density at radius 1 is 0.550 bits per heavy atom. The van der Waals surface area contributed by atoms with Gasteiger partial charge in [-0.2, -0.15) is 0 Å². The summed E-state index contributed by atoms with van der Waals surface area (Å²) in [5.74, 6) is 0.117. The Morgan fingerprint density at radius 2 is 0.900 bits per heavy atom. The van der Waals surface area contributed by atoms with Crippen LogP contribution in [-0.2, 0) is 28.4 Å².